The van der Waals surface area contributed by atoms with Gasteiger partial charge in [-0.25, -0.2) is 23.4 Å². The summed E-state index contributed by atoms with van der Waals surface area (Å²) in [4.78, 5) is 9.51. The molecule has 0 unspecified atom stereocenters. The third-order valence-corrected chi connectivity index (χ3v) is 4.05. The lowest BCUT2D eigenvalue weighted by molar-refractivity contribution is 0.582. The van der Waals surface area contributed by atoms with E-state index >= 15 is 0 Å². The molecule has 0 amide bonds. The fourth-order valence-corrected chi connectivity index (χ4v) is 2.69. The van der Waals surface area contributed by atoms with Gasteiger partial charge in [-0.05, 0) is 31.0 Å². The molecule has 122 valence electrons. The van der Waals surface area contributed by atoms with Crippen molar-refractivity contribution >= 4 is 5.82 Å². The predicted molar refractivity (Wildman–Crippen MR) is 84.7 cm³/mol. The van der Waals surface area contributed by atoms with Gasteiger partial charge in [-0.1, -0.05) is 6.07 Å². The van der Waals surface area contributed by atoms with Crippen LogP contribution in [0.4, 0.5) is 14.6 Å². The summed E-state index contributed by atoms with van der Waals surface area (Å²) >= 11 is 0. The maximum atomic E-state index is 14.5. The van der Waals surface area contributed by atoms with Gasteiger partial charge in [0, 0.05) is 30.5 Å². The summed E-state index contributed by atoms with van der Waals surface area (Å²) in [5.74, 6) is -0.607. The summed E-state index contributed by atoms with van der Waals surface area (Å²) in [6.07, 6.45) is 7.74. The third-order valence-electron chi connectivity index (χ3n) is 4.05. The van der Waals surface area contributed by atoms with E-state index in [0.29, 0.717) is 11.3 Å². The molecule has 0 saturated heterocycles. The summed E-state index contributed by atoms with van der Waals surface area (Å²) < 4.78 is 30.1. The van der Waals surface area contributed by atoms with Gasteiger partial charge in [-0.2, -0.15) is 5.10 Å². The monoisotopic (exact) mass is 327 g/mol. The van der Waals surface area contributed by atoms with Crippen LogP contribution in [0.15, 0.2) is 49.2 Å². The Kier molecular flexibility index (Phi) is 3.68. The molecule has 0 radical (unpaired) electrons. The minimum Gasteiger partial charge on any atom is -0.347 e. The van der Waals surface area contributed by atoms with E-state index in [1.54, 1.807) is 35.3 Å². The second-order valence-electron chi connectivity index (χ2n) is 5.78. The average Bonchev–Trinajstić information content (AvgIpc) is 3.28. The molecule has 1 aromatic carbocycles. The van der Waals surface area contributed by atoms with Crippen molar-refractivity contribution < 1.29 is 8.78 Å². The largest absolute Gasteiger partial charge is 0.347 e. The zero-order valence-electron chi connectivity index (χ0n) is 12.8. The Hall–Kier alpha value is -2.83. The molecule has 2 heterocycles. The highest BCUT2D eigenvalue weighted by atomic mass is 19.1. The number of rotatable bonds is 5. The quantitative estimate of drug-likeness (QED) is 0.722. The second kappa shape index (κ2) is 5.99. The molecule has 24 heavy (non-hydrogen) atoms. The summed E-state index contributed by atoms with van der Waals surface area (Å²) in [6.45, 7) is 0.268. The number of anilines is 1. The number of nitrogens with zero attached hydrogens (tertiary/aromatic N) is 5. The summed E-state index contributed by atoms with van der Waals surface area (Å²) in [7, 11) is 0. The van der Waals surface area contributed by atoms with Crippen molar-refractivity contribution in [2.45, 2.75) is 25.4 Å². The summed E-state index contributed by atoms with van der Waals surface area (Å²) in [6, 6.07) is 6.91. The van der Waals surface area contributed by atoms with Crippen molar-refractivity contribution in [2.75, 3.05) is 4.90 Å². The van der Waals surface area contributed by atoms with E-state index in [-0.39, 0.29) is 24.2 Å². The van der Waals surface area contributed by atoms with E-state index in [0.717, 1.165) is 19.0 Å². The Morgan fingerprint density at radius 1 is 1.21 bits per heavy atom. The topological polar surface area (TPSA) is 46.8 Å². The first-order valence-electron chi connectivity index (χ1n) is 7.73. The first-order chi connectivity index (χ1) is 11.7. The molecule has 1 saturated carbocycles. The maximum Gasteiger partial charge on any atom is 0.183 e. The molecule has 1 aliphatic carbocycles. The number of hydrogen-bond acceptors (Lipinski definition) is 4. The van der Waals surface area contributed by atoms with Crippen LogP contribution < -0.4 is 4.90 Å². The molecular formula is C17H15F2N5. The van der Waals surface area contributed by atoms with Crippen LogP contribution >= 0.6 is 0 Å². The third kappa shape index (κ3) is 2.84. The van der Waals surface area contributed by atoms with Crippen molar-refractivity contribution in [3.05, 3.63) is 66.4 Å². The highest BCUT2D eigenvalue weighted by Gasteiger charge is 2.32. The van der Waals surface area contributed by atoms with Crippen LogP contribution in [0.3, 0.4) is 0 Å². The van der Waals surface area contributed by atoms with Gasteiger partial charge in [-0.15, -0.1) is 0 Å². The van der Waals surface area contributed by atoms with E-state index in [1.165, 1.54) is 12.4 Å². The molecule has 0 spiro atoms. The van der Waals surface area contributed by atoms with E-state index < -0.39 is 5.82 Å². The van der Waals surface area contributed by atoms with Crippen LogP contribution in [-0.4, -0.2) is 25.8 Å². The molecule has 0 N–H and O–H groups in total. The van der Waals surface area contributed by atoms with Crippen molar-refractivity contribution in [2.24, 2.45) is 0 Å². The lowest BCUT2D eigenvalue weighted by Crippen LogP contribution is -2.27. The van der Waals surface area contributed by atoms with E-state index in [2.05, 4.69) is 15.1 Å². The van der Waals surface area contributed by atoms with Crippen LogP contribution in [-0.2, 0) is 6.54 Å². The van der Waals surface area contributed by atoms with Crippen LogP contribution in [0.25, 0.3) is 5.69 Å². The Morgan fingerprint density at radius 3 is 2.75 bits per heavy atom. The molecule has 3 aromatic rings. The van der Waals surface area contributed by atoms with Gasteiger partial charge < -0.3 is 4.90 Å². The molecule has 1 fully saturated rings. The molecule has 1 aliphatic rings. The van der Waals surface area contributed by atoms with Crippen LogP contribution in [0, 0.1) is 11.6 Å². The highest BCUT2D eigenvalue weighted by Crippen LogP contribution is 2.33. The van der Waals surface area contributed by atoms with E-state index in [1.807, 2.05) is 4.90 Å². The van der Waals surface area contributed by atoms with Crippen molar-refractivity contribution in [3.63, 3.8) is 0 Å². The van der Waals surface area contributed by atoms with Crippen LogP contribution in [0.5, 0.6) is 0 Å². The molecule has 5 nitrogen and oxygen atoms in total. The Bertz CT molecular complexity index is 846. The fourth-order valence-electron chi connectivity index (χ4n) is 2.69. The van der Waals surface area contributed by atoms with Gasteiger partial charge in [0.15, 0.2) is 11.6 Å². The van der Waals surface area contributed by atoms with Gasteiger partial charge >= 0.3 is 0 Å². The Morgan fingerprint density at radius 2 is 2.08 bits per heavy atom. The lowest BCUT2D eigenvalue weighted by atomic mass is 10.1. The smallest absolute Gasteiger partial charge is 0.183 e. The second-order valence-corrected chi connectivity index (χ2v) is 5.78. The molecule has 4 rings (SSSR count). The summed E-state index contributed by atoms with van der Waals surface area (Å²) in [5.41, 5.74) is 1.14. The van der Waals surface area contributed by atoms with Crippen molar-refractivity contribution in [3.8, 4) is 5.69 Å². The van der Waals surface area contributed by atoms with Gasteiger partial charge in [0.1, 0.15) is 12.1 Å². The maximum absolute atomic E-state index is 14.5. The first-order valence-corrected chi connectivity index (χ1v) is 7.73. The molecule has 7 heteroatoms. The molecular weight excluding hydrogens is 312 g/mol. The van der Waals surface area contributed by atoms with Gasteiger partial charge in [0.25, 0.3) is 0 Å². The minimum atomic E-state index is -0.488. The number of aromatic nitrogens is 4. The molecule has 0 atom stereocenters. The van der Waals surface area contributed by atoms with Crippen LogP contribution in [0.2, 0.25) is 0 Å². The first kappa shape index (κ1) is 14.7. The lowest BCUT2D eigenvalue weighted by Gasteiger charge is -2.24. The predicted octanol–water partition coefficient (Wildman–Crippen LogP) is 3.11. The zero-order valence-corrected chi connectivity index (χ0v) is 12.8. The Labute approximate surface area is 137 Å². The highest BCUT2D eigenvalue weighted by molar-refractivity contribution is 5.44. The normalized spacial score (nSPS) is 13.9. The Balaban J connectivity index is 1.62. The molecule has 2 aromatic heterocycles. The molecule has 0 aliphatic heterocycles. The number of benzene rings is 1. The number of halogens is 2. The SMILES string of the molecule is Fc1cc(-n2cccn2)ccc1CN(c1ncncc1F)C1CC1. The van der Waals surface area contributed by atoms with Gasteiger partial charge in [0.05, 0.1) is 11.9 Å². The van der Waals surface area contributed by atoms with E-state index in [4.69, 9.17) is 0 Å². The zero-order chi connectivity index (χ0) is 16.5. The van der Waals surface area contributed by atoms with Gasteiger partial charge in [-0.3, -0.25) is 0 Å². The van der Waals surface area contributed by atoms with Crippen LogP contribution in [0.1, 0.15) is 18.4 Å². The minimum absolute atomic E-state index is 0.194. The van der Waals surface area contributed by atoms with Crippen molar-refractivity contribution in [1.29, 1.82) is 0 Å². The van der Waals surface area contributed by atoms with E-state index in [9.17, 15) is 8.78 Å². The summed E-state index contributed by atoms with van der Waals surface area (Å²) in [5, 5.41) is 4.09. The van der Waals surface area contributed by atoms with Crippen molar-refractivity contribution in [1.82, 2.24) is 19.7 Å². The number of hydrogen-bond donors (Lipinski definition) is 0. The molecule has 0 bridgehead atoms. The fraction of sp³-hybridized carbons (Fsp3) is 0.235. The van der Waals surface area contributed by atoms with Gasteiger partial charge in [0.2, 0.25) is 0 Å². The standard InChI is InChI=1S/C17H15F2N5/c18-15-8-14(24-7-1-6-22-24)3-2-12(15)10-23(13-4-5-13)17-16(19)9-20-11-21-17/h1-3,6-9,11,13H,4-5,10H2. The average molecular weight is 327 g/mol.